The molecule has 3 aromatic rings. The van der Waals surface area contributed by atoms with Gasteiger partial charge in [0.25, 0.3) is 10.0 Å². The summed E-state index contributed by atoms with van der Waals surface area (Å²) in [6, 6.07) is 17.8. The molecule has 0 saturated carbocycles. The van der Waals surface area contributed by atoms with Gasteiger partial charge >= 0.3 is 0 Å². The second-order valence-electron chi connectivity index (χ2n) is 10.3. The molecule has 232 valence electrons. The number of anilines is 1. The Morgan fingerprint density at radius 3 is 2.21 bits per heavy atom. The normalized spacial score (nSPS) is 12.1. The fourth-order valence-electron chi connectivity index (χ4n) is 4.46. The van der Waals surface area contributed by atoms with E-state index in [9.17, 15) is 22.4 Å². The Kier molecular flexibility index (Phi) is 12.4. The molecule has 0 unspecified atom stereocenters. The number of hydrogen-bond donors (Lipinski definition) is 1. The zero-order valence-corrected chi connectivity index (χ0v) is 26.9. The van der Waals surface area contributed by atoms with Crippen LogP contribution in [0.2, 0.25) is 0 Å². The SMILES string of the molecule is CCOc1ccccc1N(CC(=O)N(Cc1ccc(F)cc1)[C@@H](CC)C(=O)NCC(C)C)S(=O)(=O)c1ccc(SC)cc1. The summed E-state index contributed by atoms with van der Waals surface area (Å²) in [7, 11) is -4.25. The third-order valence-corrected chi connectivity index (χ3v) is 9.21. The van der Waals surface area contributed by atoms with E-state index in [0.717, 1.165) is 9.20 Å². The van der Waals surface area contributed by atoms with Crippen LogP contribution in [-0.4, -0.2) is 57.1 Å². The summed E-state index contributed by atoms with van der Waals surface area (Å²) in [5.41, 5.74) is 0.798. The molecule has 11 heteroatoms. The highest BCUT2D eigenvalue weighted by Crippen LogP contribution is 2.33. The number of para-hydroxylation sites is 2. The summed E-state index contributed by atoms with van der Waals surface area (Å²) < 4.78 is 48.8. The molecule has 1 N–H and O–H groups in total. The first-order valence-electron chi connectivity index (χ1n) is 14.2. The average Bonchev–Trinajstić information content (AvgIpc) is 3.00. The van der Waals surface area contributed by atoms with E-state index < -0.39 is 34.3 Å². The van der Waals surface area contributed by atoms with Crippen LogP contribution in [0.3, 0.4) is 0 Å². The van der Waals surface area contributed by atoms with E-state index in [0.29, 0.717) is 17.9 Å². The van der Waals surface area contributed by atoms with Crippen LogP contribution in [0, 0.1) is 11.7 Å². The summed E-state index contributed by atoms with van der Waals surface area (Å²) in [5.74, 6) is -0.875. The molecule has 3 rings (SSSR count). The van der Waals surface area contributed by atoms with E-state index in [1.165, 1.54) is 40.9 Å². The van der Waals surface area contributed by atoms with Crippen LogP contribution in [0.1, 0.15) is 39.7 Å². The van der Waals surface area contributed by atoms with Crippen LogP contribution in [0.25, 0.3) is 0 Å². The fourth-order valence-corrected chi connectivity index (χ4v) is 6.29. The van der Waals surface area contributed by atoms with Gasteiger partial charge < -0.3 is 15.0 Å². The van der Waals surface area contributed by atoms with Gasteiger partial charge in [-0.3, -0.25) is 13.9 Å². The molecule has 0 aliphatic heterocycles. The second kappa shape index (κ2) is 15.8. The van der Waals surface area contributed by atoms with E-state index in [1.54, 1.807) is 62.4 Å². The van der Waals surface area contributed by atoms with Crippen molar-refractivity contribution >= 4 is 39.3 Å². The Morgan fingerprint density at radius 2 is 1.63 bits per heavy atom. The first-order valence-corrected chi connectivity index (χ1v) is 16.9. The molecule has 3 aromatic carbocycles. The van der Waals surface area contributed by atoms with Crippen molar-refractivity contribution in [3.63, 3.8) is 0 Å². The average molecular weight is 630 g/mol. The lowest BCUT2D eigenvalue weighted by Crippen LogP contribution is -2.52. The number of halogens is 1. The minimum atomic E-state index is -4.25. The summed E-state index contributed by atoms with van der Waals surface area (Å²) in [6.07, 6.45) is 2.18. The maximum atomic E-state index is 14.2. The quantitative estimate of drug-likeness (QED) is 0.216. The predicted molar refractivity (Wildman–Crippen MR) is 169 cm³/mol. The molecule has 0 fully saturated rings. The highest BCUT2D eigenvalue weighted by Gasteiger charge is 2.34. The third-order valence-electron chi connectivity index (χ3n) is 6.70. The number of carbonyl (C=O) groups excluding carboxylic acids is 2. The highest BCUT2D eigenvalue weighted by atomic mass is 32.2. The van der Waals surface area contributed by atoms with Crippen molar-refractivity contribution in [3.8, 4) is 5.75 Å². The molecule has 0 aromatic heterocycles. The summed E-state index contributed by atoms with van der Waals surface area (Å²) in [5, 5.41) is 2.89. The third kappa shape index (κ3) is 8.96. The summed E-state index contributed by atoms with van der Waals surface area (Å²) >= 11 is 1.48. The Balaban J connectivity index is 2.09. The smallest absolute Gasteiger partial charge is 0.264 e. The molecule has 0 saturated heterocycles. The van der Waals surface area contributed by atoms with Gasteiger partial charge in [0.15, 0.2) is 0 Å². The van der Waals surface area contributed by atoms with Gasteiger partial charge in [-0.2, -0.15) is 0 Å². The van der Waals surface area contributed by atoms with Crippen LogP contribution < -0.4 is 14.4 Å². The number of amides is 2. The van der Waals surface area contributed by atoms with Gasteiger partial charge in [-0.15, -0.1) is 11.8 Å². The lowest BCUT2D eigenvalue weighted by atomic mass is 10.1. The van der Waals surface area contributed by atoms with Crippen LogP contribution in [-0.2, 0) is 26.2 Å². The molecule has 0 aliphatic carbocycles. The Hall–Kier alpha value is -3.57. The number of ether oxygens (including phenoxy) is 1. The molecular weight excluding hydrogens is 590 g/mol. The molecule has 0 radical (unpaired) electrons. The maximum Gasteiger partial charge on any atom is 0.264 e. The van der Waals surface area contributed by atoms with Crippen molar-refractivity contribution in [2.45, 2.75) is 56.5 Å². The molecule has 1 atom stereocenters. The molecule has 43 heavy (non-hydrogen) atoms. The lowest BCUT2D eigenvalue weighted by Gasteiger charge is -2.33. The van der Waals surface area contributed by atoms with Gasteiger partial charge in [0.2, 0.25) is 11.8 Å². The van der Waals surface area contributed by atoms with Crippen molar-refractivity contribution in [1.82, 2.24) is 10.2 Å². The van der Waals surface area contributed by atoms with Gasteiger partial charge in [-0.05, 0) is 79.6 Å². The summed E-state index contributed by atoms with van der Waals surface area (Å²) in [4.78, 5) is 29.8. The Morgan fingerprint density at radius 1 is 0.977 bits per heavy atom. The molecule has 2 amide bonds. The molecule has 0 spiro atoms. The van der Waals surface area contributed by atoms with E-state index in [4.69, 9.17) is 4.74 Å². The number of sulfonamides is 1. The van der Waals surface area contributed by atoms with E-state index in [-0.39, 0.29) is 42.0 Å². The van der Waals surface area contributed by atoms with Gasteiger partial charge in [0, 0.05) is 18.0 Å². The van der Waals surface area contributed by atoms with Crippen LogP contribution in [0.5, 0.6) is 5.75 Å². The van der Waals surface area contributed by atoms with Crippen molar-refractivity contribution in [3.05, 3.63) is 84.2 Å². The zero-order valence-electron chi connectivity index (χ0n) is 25.2. The first kappa shape index (κ1) is 33.9. The van der Waals surface area contributed by atoms with Crippen LogP contribution >= 0.6 is 11.8 Å². The number of thioether (sulfide) groups is 1. The van der Waals surface area contributed by atoms with E-state index >= 15 is 0 Å². The standard InChI is InChI=1S/C32H40FN3O5S2/c1-6-28(32(38)34-20-23(3)4)35(21-24-12-14-25(33)15-13-24)31(37)22-36(29-10-8-9-11-30(29)41-7-2)43(39,40)27-18-16-26(42-5)17-19-27/h8-19,23,28H,6-7,20-22H2,1-5H3,(H,34,38)/t28-/m0/s1. The van der Waals surface area contributed by atoms with Gasteiger partial charge in [-0.1, -0.05) is 45.0 Å². The number of rotatable bonds is 15. The topological polar surface area (TPSA) is 96.0 Å². The van der Waals surface area contributed by atoms with Crippen molar-refractivity contribution in [1.29, 1.82) is 0 Å². The van der Waals surface area contributed by atoms with Crippen molar-refractivity contribution in [2.75, 3.05) is 30.3 Å². The number of nitrogens with zero attached hydrogens (tertiary/aromatic N) is 2. The van der Waals surface area contributed by atoms with Gasteiger partial charge in [-0.25, -0.2) is 12.8 Å². The number of benzene rings is 3. The first-order chi connectivity index (χ1) is 20.5. The molecule has 0 aliphatic rings. The zero-order chi connectivity index (χ0) is 31.6. The minimum absolute atomic E-state index is 0.0104. The molecule has 0 heterocycles. The fraction of sp³-hybridized carbons (Fsp3) is 0.375. The second-order valence-corrected chi connectivity index (χ2v) is 13.0. The highest BCUT2D eigenvalue weighted by molar-refractivity contribution is 7.98. The predicted octanol–water partition coefficient (Wildman–Crippen LogP) is 5.72. The van der Waals surface area contributed by atoms with Crippen molar-refractivity contribution < 1.29 is 27.1 Å². The minimum Gasteiger partial charge on any atom is -0.492 e. The molecule has 8 nitrogen and oxygen atoms in total. The van der Waals surface area contributed by atoms with E-state index in [2.05, 4.69) is 5.32 Å². The van der Waals surface area contributed by atoms with Crippen LogP contribution in [0.4, 0.5) is 10.1 Å². The molecule has 0 bridgehead atoms. The molecular formula is C32H40FN3O5S2. The lowest BCUT2D eigenvalue weighted by molar-refractivity contribution is -0.140. The van der Waals surface area contributed by atoms with Gasteiger partial charge in [0.05, 0.1) is 17.2 Å². The number of hydrogen-bond acceptors (Lipinski definition) is 6. The monoisotopic (exact) mass is 629 g/mol. The summed E-state index contributed by atoms with van der Waals surface area (Å²) in [6.45, 7) is 7.60. The number of carbonyl (C=O) groups is 2. The van der Waals surface area contributed by atoms with Crippen molar-refractivity contribution in [2.24, 2.45) is 5.92 Å². The largest absolute Gasteiger partial charge is 0.492 e. The number of nitrogens with one attached hydrogen (secondary N) is 1. The Labute approximate surface area is 258 Å². The maximum absolute atomic E-state index is 14.2. The van der Waals surface area contributed by atoms with Gasteiger partial charge in [0.1, 0.15) is 24.2 Å². The Bertz CT molecular complexity index is 1470. The van der Waals surface area contributed by atoms with Crippen LogP contribution in [0.15, 0.2) is 82.6 Å². The van der Waals surface area contributed by atoms with E-state index in [1.807, 2.05) is 20.1 Å².